The average molecular weight is 230 g/mol. The molecule has 1 amide bonds. The van der Waals surface area contributed by atoms with E-state index in [2.05, 4.69) is 12.2 Å². The number of ether oxygens (including phenoxy) is 1. The third-order valence-corrected chi connectivity index (χ3v) is 2.81. The van der Waals surface area contributed by atoms with E-state index in [1.54, 1.807) is 0 Å². The first-order valence-electron chi connectivity index (χ1n) is 6.16. The summed E-state index contributed by atoms with van der Waals surface area (Å²) in [6, 6.07) is 0. The molecule has 0 aromatic carbocycles. The summed E-state index contributed by atoms with van der Waals surface area (Å²) in [5.74, 6) is 0.0949. The van der Waals surface area contributed by atoms with E-state index in [0.717, 1.165) is 19.3 Å². The number of hydrogen-bond donors (Lipinski definition) is 2. The van der Waals surface area contributed by atoms with Crippen LogP contribution in [-0.4, -0.2) is 31.2 Å². The summed E-state index contributed by atoms with van der Waals surface area (Å²) in [6.45, 7) is 8.03. The average Bonchev–Trinajstić information content (AvgIpc) is 2.25. The number of carbonyl (C=O) groups is 1. The van der Waals surface area contributed by atoms with Gasteiger partial charge in [-0.3, -0.25) is 4.79 Å². The van der Waals surface area contributed by atoms with Gasteiger partial charge in [-0.25, -0.2) is 0 Å². The standard InChI is InChI=1S/C12H26N2O2/c1-4-12(3,8-9-13)14-11(15)7-6-10-16-5-2/h4-10,13H2,1-3H3,(H,14,15). The first-order valence-corrected chi connectivity index (χ1v) is 6.16. The van der Waals surface area contributed by atoms with E-state index < -0.39 is 0 Å². The number of rotatable bonds is 9. The van der Waals surface area contributed by atoms with Gasteiger partial charge in [-0.1, -0.05) is 6.92 Å². The van der Waals surface area contributed by atoms with Crippen LogP contribution in [-0.2, 0) is 9.53 Å². The number of amides is 1. The molecule has 0 aliphatic heterocycles. The molecule has 0 heterocycles. The first-order chi connectivity index (χ1) is 7.58. The molecular weight excluding hydrogens is 204 g/mol. The predicted octanol–water partition coefficient (Wildman–Crippen LogP) is 1.44. The fraction of sp³-hybridized carbons (Fsp3) is 0.917. The van der Waals surface area contributed by atoms with Crippen LogP contribution in [0.15, 0.2) is 0 Å². The zero-order valence-electron chi connectivity index (χ0n) is 10.8. The predicted molar refractivity (Wildman–Crippen MR) is 66.2 cm³/mol. The van der Waals surface area contributed by atoms with Crippen molar-refractivity contribution in [2.75, 3.05) is 19.8 Å². The molecule has 0 aromatic rings. The van der Waals surface area contributed by atoms with Gasteiger partial charge in [0, 0.05) is 25.2 Å². The normalized spacial score (nSPS) is 14.5. The van der Waals surface area contributed by atoms with Gasteiger partial charge < -0.3 is 15.8 Å². The molecule has 0 radical (unpaired) electrons. The first kappa shape index (κ1) is 15.4. The second-order valence-corrected chi connectivity index (χ2v) is 4.30. The van der Waals surface area contributed by atoms with Crippen LogP contribution in [0.1, 0.15) is 46.5 Å². The highest BCUT2D eigenvalue weighted by Gasteiger charge is 2.22. The second-order valence-electron chi connectivity index (χ2n) is 4.30. The molecule has 4 nitrogen and oxygen atoms in total. The molecule has 0 saturated heterocycles. The number of carbonyl (C=O) groups excluding carboxylic acids is 1. The van der Waals surface area contributed by atoms with Crippen molar-refractivity contribution in [1.82, 2.24) is 5.32 Å². The van der Waals surface area contributed by atoms with E-state index in [0.29, 0.717) is 26.2 Å². The molecule has 16 heavy (non-hydrogen) atoms. The Morgan fingerprint density at radius 1 is 1.44 bits per heavy atom. The van der Waals surface area contributed by atoms with Crippen molar-refractivity contribution in [3.63, 3.8) is 0 Å². The SMILES string of the molecule is CCOCCCC(=O)NC(C)(CC)CCN. The molecule has 1 unspecified atom stereocenters. The maximum Gasteiger partial charge on any atom is 0.220 e. The summed E-state index contributed by atoms with van der Waals surface area (Å²) in [4.78, 5) is 11.6. The summed E-state index contributed by atoms with van der Waals surface area (Å²) in [5.41, 5.74) is 5.38. The van der Waals surface area contributed by atoms with Gasteiger partial charge in [0.05, 0.1) is 0 Å². The Morgan fingerprint density at radius 2 is 2.12 bits per heavy atom. The fourth-order valence-corrected chi connectivity index (χ4v) is 1.52. The van der Waals surface area contributed by atoms with Crippen molar-refractivity contribution in [2.45, 2.75) is 52.0 Å². The minimum Gasteiger partial charge on any atom is -0.382 e. The molecular formula is C12H26N2O2. The molecule has 0 spiro atoms. The highest BCUT2D eigenvalue weighted by atomic mass is 16.5. The number of nitrogens with one attached hydrogen (secondary N) is 1. The van der Waals surface area contributed by atoms with Crippen molar-refractivity contribution >= 4 is 5.91 Å². The van der Waals surface area contributed by atoms with E-state index >= 15 is 0 Å². The van der Waals surface area contributed by atoms with Crippen molar-refractivity contribution in [1.29, 1.82) is 0 Å². The molecule has 1 atom stereocenters. The lowest BCUT2D eigenvalue weighted by molar-refractivity contribution is -0.123. The van der Waals surface area contributed by atoms with Gasteiger partial charge in [-0.05, 0) is 39.7 Å². The van der Waals surface area contributed by atoms with E-state index in [1.807, 2.05) is 13.8 Å². The van der Waals surface area contributed by atoms with Crippen LogP contribution in [0.5, 0.6) is 0 Å². The van der Waals surface area contributed by atoms with Gasteiger partial charge in [-0.2, -0.15) is 0 Å². The van der Waals surface area contributed by atoms with Gasteiger partial charge in [0.1, 0.15) is 0 Å². The molecule has 0 saturated carbocycles. The molecule has 0 aliphatic rings. The lowest BCUT2D eigenvalue weighted by Gasteiger charge is -2.29. The molecule has 0 rings (SSSR count). The second kappa shape index (κ2) is 8.53. The highest BCUT2D eigenvalue weighted by Crippen LogP contribution is 2.13. The summed E-state index contributed by atoms with van der Waals surface area (Å²) in [7, 11) is 0. The van der Waals surface area contributed by atoms with Crippen LogP contribution >= 0.6 is 0 Å². The maximum absolute atomic E-state index is 11.6. The Labute approximate surface area is 98.9 Å². The lowest BCUT2D eigenvalue weighted by Crippen LogP contribution is -2.46. The van der Waals surface area contributed by atoms with E-state index in [-0.39, 0.29) is 11.4 Å². The smallest absolute Gasteiger partial charge is 0.220 e. The summed E-state index contributed by atoms with van der Waals surface area (Å²) >= 11 is 0. The minimum absolute atomic E-state index is 0.0949. The van der Waals surface area contributed by atoms with Gasteiger partial charge >= 0.3 is 0 Å². The van der Waals surface area contributed by atoms with Crippen molar-refractivity contribution in [3.8, 4) is 0 Å². The van der Waals surface area contributed by atoms with E-state index in [4.69, 9.17) is 10.5 Å². The topological polar surface area (TPSA) is 64.3 Å². The third kappa shape index (κ3) is 6.80. The van der Waals surface area contributed by atoms with Crippen molar-refractivity contribution < 1.29 is 9.53 Å². The van der Waals surface area contributed by atoms with E-state index in [9.17, 15) is 4.79 Å². The van der Waals surface area contributed by atoms with Crippen molar-refractivity contribution in [2.24, 2.45) is 5.73 Å². The molecule has 4 heteroatoms. The van der Waals surface area contributed by atoms with Gasteiger partial charge in [0.25, 0.3) is 0 Å². The van der Waals surface area contributed by atoms with Gasteiger partial charge in [-0.15, -0.1) is 0 Å². The van der Waals surface area contributed by atoms with Crippen LogP contribution in [0.25, 0.3) is 0 Å². The van der Waals surface area contributed by atoms with Crippen LogP contribution in [0.3, 0.4) is 0 Å². The zero-order chi connectivity index (χ0) is 12.4. The Morgan fingerprint density at radius 3 is 2.62 bits per heavy atom. The van der Waals surface area contributed by atoms with Gasteiger partial charge in [0.15, 0.2) is 0 Å². The minimum atomic E-state index is -0.155. The van der Waals surface area contributed by atoms with Crippen LogP contribution < -0.4 is 11.1 Å². The summed E-state index contributed by atoms with van der Waals surface area (Å²) in [6.07, 6.45) is 3.03. The molecule has 3 N–H and O–H groups in total. The quantitative estimate of drug-likeness (QED) is 0.589. The molecule has 0 aliphatic carbocycles. The van der Waals surface area contributed by atoms with Crippen molar-refractivity contribution in [3.05, 3.63) is 0 Å². The lowest BCUT2D eigenvalue weighted by atomic mass is 9.94. The largest absolute Gasteiger partial charge is 0.382 e. The number of nitrogens with two attached hydrogens (primary N) is 1. The Bertz CT molecular complexity index is 197. The zero-order valence-corrected chi connectivity index (χ0v) is 10.8. The highest BCUT2D eigenvalue weighted by molar-refractivity contribution is 5.76. The molecule has 0 fully saturated rings. The monoisotopic (exact) mass is 230 g/mol. The molecule has 96 valence electrons. The van der Waals surface area contributed by atoms with E-state index in [1.165, 1.54) is 0 Å². The Kier molecular flexibility index (Phi) is 8.21. The number of hydrogen-bond acceptors (Lipinski definition) is 3. The van der Waals surface area contributed by atoms with Crippen LogP contribution in [0, 0.1) is 0 Å². The van der Waals surface area contributed by atoms with Crippen LogP contribution in [0.2, 0.25) is 0 Å². The Balaban J connectivity index is 3.82. The summed E-state index contributed by atoms with van der Waals surface area (Å²) < 4.78 is 5.19. The van der Waals surface area contributed by atoms with Crippen LogP contribution in [0.4, 0.5) is 0 Å². The molecule has 0 bridgehead atoms. The third-order valence-electron chi connectivity index (χ3n) is 2.81. The Hall–Kier alpha value is -0.610. The summed E-state index contributed by atoms with van der Waals surface area (Å²) in [5, 5.41) is 3.05. The maximum atomic E-state index is 11.6. The van der Waals surface area contributed by atoms with Gasteiger partial charge in [0.2, 0.25) is 5.91 Å². The fourth-order valence-electron chi connectivity index (χ4n) is 1.52. The molecule has 0 aromatic heterocycles.